The van der Waals surface area contributed by atoms with Crippen molar-refractivity contribution in [2.45, 2.75) is 39.9 Å². The minimum absolute atomic E-state index is 0. The predicted octanol–water partition coefficient (Wildman–Crippen LogP) is 14.2. The molecule has 10 rings (SSSR count). The second-order valence-corrected chi connectivity index (χ2v) is 16.3. The summed E-state index contributed by atoms with van der Waals surface area (Å²) < 4.78 is 61.0. The van der Waals surface area contributed by atoms with E-state index >= 15 is 0 Å². The molecule has 10 aromatic rings. The van der Waals surface area contributed by atoms with Crippen LogP contribution < -0.4 is 4.74 Å². The Balaban J connectivity index is 0.00000518. The number of aryl methyl sites for hydroxylation is 2. The molecular formula is C52H39N3OPtS. The number of fused-ring (bicyclic) bond motifs is 6. The van der Waals surface area contributed by atoms with Gasteiger partial charge in [-0.2, -0.15) is 17.4 Å². The van der Waals surface area contributed by atoms with Crippen LogP contribution >= 0.6 is 11.3 Å². The second-order valence-electron chi connectivity index (χ2n) is 15.3. The molecule has 0 aliphatic carbocycles. The summed E-state index contributed by atoms with van der Waals surface area (Å²) in [5.41, 5.74) is 6.64. The first-order chi connectivity index (χ1) is 30.1. The van der Waals surface area contributed by atoms with Gasteiger partial charge in [-0.25, -0.2) is 4.98 Å². The van der Waals surface area contributed by atoms with Gasteiger partial charge in [-0.3, -0.25) is 0 Å². The molecular weight excluding hydrogens is 910 g/mol. The first-order valence-corrected chi connectivity index (χ1v) is 19.6. The molecule has 0 N–H and O–H groups in total. The molecule has 0 atom stereocenters. The molecule has 284 valence electrons. The van der Waals surface area contributed by atoms with Crippen molar-refractivity contribution in [3.8, 4) is 50.8 Å². The minimum Gasteiger partial charge on any atom is -0.503 e. The maximum atomic E-state index is 8.44. The zero-order valence-electron chi connectivity index (χ0n) is 37.8. The van der Waals surface area contributed by atoms with Crippen molar-refractivity contribution in [2.24, 2.45) is 0 Å². The summed E-state index contributed by atoms with van der Waals surface area (Å²) >= 11 is 1.59. The van der Waals surface area contributed by atoms with Crippen molar-refractivity contribution in [1.29, 1.82) is 0 Å². The normalized spacial score (nSPS) is 13.7. The topological polar surface area (TPSA) is 39.9 Å². The van der Waals surface area contributed by atoms with Crippen LogP contribution in [0.1, 0.15) is 45.7 Å². The molecule has 4 aromatic heterocycles. The van der Waals surface area contributed by atoms with Crippen LogP contribution in [0.3, 0.4) is 0 Å². The zero-order valence-corrected chi connectivity index (χ0v) is 34.9. The molecule has 0 saturated heterocycles. The Hall–Kier alpha value is -5.87. The number of hydrogen-bond donors (Lipinski definition) is 0. The van der Waals surface area contributed by atoms with E-state index < -0.39 is 13.7 Å². The van der Waals surface area contributed by atoms with Crippen molar-refractivity contribution < 1.29 is 34.0 Å². The van der Waals surface area contributed by atoms with Crippen LogP contribution in [0.2, 0.25) is 0 Å². The van der Waals surface area contributed by atoms with Crippen molar-refractivity contribution in [3.63, 3.8) is 0 Å². The molecule has 4 heterocycles. The molecule has 0 fully saturated rings. The van der Waals surface area contributed by atoms with Crippen LogP contribution in [-0.2, 0) is 26.5 Å². The number of benzene rings is 6. The van der Waals surface area contributed by atoms with E-state index in [1.165, 1.54) is 12.3 Å². The minimum atomic E-state index is -2.57. The van der Waals surface area contributed by atoms with Crippen LogP contribution in [0.25, 0.3) is 81.3 Å². The Labute approximate surface area is 365 Å². The van der Waals surface area contributed by atoms with Gasteiger partial charge in [0.25, 0.3) is 0 Å². The Morgan fingerprint density at radius 3 is 2.29 bits per heavy atom. The third-order valence-corrected chi connectivity index (χ3v) is 11.8. The number of rotatable bonds is 6. The van der Waals surface area contributed by atoms with Gasteiger partial charge < -0.3 is 14.3 Å². The SMILES string of the molecule is [2H]C([2H])([2H])c1ccccc1-c1cc(-c2[c-]c(Oc3[c-]c4c(cc3)c3ccccc3n4-c3cc(C(C)(C)C)ccn3)cc3c2sc2cc(-c4ccccc4)ccc23)ncc1C([2H])([2H])[2H].[Pt+2]. The number of pyridine rings is 2. The second kappa shape index (κ2) is 14.8. The van der Waals surface area contributed by atoms with Gasteiger partial charge in [0.2, 0.25) is 0 Å². The molecule has 0 radical (unpaired) electrons. The van der Waals surface area contributed by atoms with Gasteiger partial charge in [0.05, 0.1) is 0 Å². The molecule has 6 aromatic carbocycles. The Morgan fingerprint density at radius 1 is 0.655 bits per heavy atom. The fourth-order valence-electron chi connectivity index (χ4n) is 7.67. The van der Waals surface area contributed by atoms with Crippen molar-refractivity contribution in [2.75, 3.05) is 0 Å². The third-order valence-electron chi connectivity index (χ3n) is 10.6. The van der Waals surface area contributed by atoms with Crippen LogP contribution in [0.15, 0.2) is 146 Å². The van der Waals surface area contributed by atoms with Crippen LogP contribution in [0.4, 0.5) is 0 Å². The fourth-order valence-corrected chi connectivity index (χ4v) is 8.90. The van der Waals surface area contributed by atoms with Gasteiger partial charge in [-0.1, -0.05) is 135 Å². The largest absolute Gasteiger partial charge is 2.00 e. The number of para-hydroxylation sites is 1. The summed E-state index contributed by atoms with van der Waals surface area (Å²) in [6.45, 7) is 1.49. The van der Waals surface area contributed by atoms with E-state index in [-0.39, 0.29) is 43.2 Å². The van der Waals surface area contributed by atoms with E-state index in [9.17, 15) is 0 Å². The number of nitrogens with zero attached hydrogens (tertiary/aromatic N) is 3. The molecule has 0 unspecified atom stereocenters. The van der Waals surface area contributed by atoms with Gasteiger partial charge >= 0.3 is 21.1 Å². The van der Waals surface area contributed by atoms with E-state index in [2.05, 4.69) is 92.1 Å². The Bertz CT molecular complexity index is 3410. The predicted molar refractivity (Wildman–Crippen MR) is 238 cm³/mol. The molecule has 4 nitrogen and oxygen atoms in total. The maximum Gasteiger partial charge on any atom is 2.00 e. The number of thiophene rings is 1. The Morgan fingerprint density at radius 2 is 1.45 bits per heavy atom. The Kier molecular flexibility index (Phi) is 7.96. The zero-order chi connectivity index (χ0) is 43.8. The van der Waals surface area contributed by atoms with Gasteiger partial charge in [-0.15, -0.1) is 23.1 Å². The molecule has 0 amide bonds. The maximum absolute atomic E-state index is 8.44. The fraction of sp³-hybridized carbons (Fsp3) is 0.115. The van der Waals surface area contributed by atoms with Crippen LogP contribution in [0, 0.1) is 25.8 Å². The van der Waals surface area contributed by atoms with E-state index in [1.807, 2.05) is 54.7 Å². The smallest absolute Gasteiger partial charge is 0.503 e. The monoisotopic (exact) mass is 954 g/mol. The van der Waals surface area contributed by atoms with E-state index in [0.29, 0.717) is 28.3 Å². The average Bonchev–Trinajstić information content (AvgIpc) is 3.80. The summed E-state index contributed by atoms with van der Waals surface area (Å²) in [5.74, 6) is 1.64. The summed E-state index contributed by atoms with van der Waals surface area (Å²) in [6, 6.07) is 50.2. The number of aromatic nitrogens is 3. The number of hydrogen-bond acceptors (Lipinski definition) is 4. The van der Waals surface area contributed by atoms with E-state index in [1.54, 1.807) is 35.6 Å². The molecule has 0 bridgehead atoms. The molecule has 0 spiro atoms. The molecule has 58 heavy (non-hydrogen) atoms. The summed E-state index contributed by atoms with van der Waals surface area (Å²) in [5, 5.41) is 3.98. The summed E-state index contributed by atoms with van der Waals surface area (Å²) in [7, 11) is 0. The van der Waals surface area contributed by atoms with Gasteiger partial charge in [0.1, 0.15) is 5.82 Å². The molecule has 0 aliphatic heterocycles. The van der Waals surface area contributed by atoms with Crippen molar-refractivity contribution >= 4 is 53.3 Å². The first kappa shape index (κ1) is 31.2. The quantitative estimate of drug-likeness (QED) is 0.156. The van der Waals surface area contributed by atoms with Crippen LogP contribution in [0.5, 0.6) is 11.5 Å². The van der Waals surface area contributed by atoms with E-state index in [4.69, 9.17) is 22.9 Å². The third kappa shape index (κ3) is 6.63. The van der Waals surface area contributed by atoms with Crippen molar-refractivity contribution in [3.05, 3.63) is 175 Å². The van der Waals surface area contributed by atoms with Crippen LogP contribution in [-0.4, -0.2) is 14.5 Å². The first-order valence-electron chi connectivity index (χ1n) is 21.8. The van der Waals surface area contributed by atoms with Gasteiger partial charge in [0.15, 0.2) is 0 Å². The molecule has 0 aliphatic rings. The van der Waals surface area contributed by atoms with Gasteiger partial charge in [-0.05, 0) is 103 Å². The standard InChI is InChI=1S/C52H39N3OS.Pt/c1-32-13-9-10-16-39(32)43-30-46(54-31-33(43)2)45-28-38(27-44-42-21-19-35(25-49(42)57-51(44)45)34-14-7-6-8-15-34)56-37-20-22-41-40-17-11-12-18-47(40)55(48(41)29-37)50-26-36(23-24-53-50)52(3,4)5;/h6-27,30-31H,1-5H3;/q-2;+2/i1D3,2D3;. The van der Waals surface area contributed by atoms with Gasteiger partial charge in [0, 0.05) is 42.3 Å². The molecule has 0 saturated carbocycles. The summed E-state index contributed by atoms with van der Waals surface area (Å²) in [4.78, 5) is 9.59. The number of ether oxygens (including phenoxy) is 1. The average molecular weight is 955 g/mol. The van der Waals surface area contributed by atoms with Crippen molar-refractivity contribution in [1.82, 2.24) is 14.5 Å². The molecule has 6 heteroatoms. The van der Waals surface area contributed by atoms with E-state index in [0.717, 1.165) is 64.5 Å². The summed E-state index contributed by atoms with van der Waals surface area (Å²) in [6.07, 6.45) is 3.19.